The minimum absolute atomic E-state index is 0.214. The van der Waals surface area contributed by atoms with Gasteiger partial charge in [-0.2, -0.15) is 0 Å². The van der Waals surface area contributed by atoms with E-state index >= 15 is 0 Å². The monoisotopic (exact) mass is 278 g/mol. The molecule has 0 saturated carbocycles. The quantitative estimate of drug-likeness (QED) is 0.374. The van der Waals surface area contributed by atoms with Crippen molar-refractivity contribution >= 4 is 18.1 Å². The van der Waals surface area contributed by atoms with E-state index in [0.29, 0.717) is 13.1 Å². The number of unbranched alkanes of at least 4 members (excludes halogenated alkanes) is 2. The number of carbonyl (C=O) groups excluding carboxylic acids is 3. The van der Waals surface area contributed by atoms with Gasteiger partial charge in [0.05, 0.1) is 6.54 Å². The lowest BCUT2D eigenvalue weighted by molar-refractivity contribution is -0.136. The third kappa shape index (κ3) is 5.38. The van der Waals surface area contributed by atoms with Crippen LogP contribution < -0.4 is 5.32 Å². The van der Waals surface area contributed by atoms with Crippen molar-refractivity contribution in [2.24, 2.45) is 0 Å². The van der Waals surface area contributed by atoms with Gasteiger partial charge in [-0.15, -0.1) is 0 Å². The van der Waals surface area contributed by atoms with Gasteiger partial charge in [0, 0.05) is 24.4 Å². The van der Waals surface area contributed by atoms with E-state index in [1.807, 2.05) is 0 Å². The Morgan fingerprint density at radius 3 is 2.50 bits per heavy atom. The van der Waals surface area contributed by atoms with Crippen molar-refractivity contribution in [2.75, 3.05) is 13.1 Å². The fraction of sp³-hybridized carbons (Fsp3) is 0.533. The molecule has 2 amide bonds. The average Bonchev–Trinajstić information content (AvgIpc) is 2.75. The van der Waals surface area contributed by atoms with Gasteiger partial charge >= 0.3 is 0 Å². The molecule has 0 unspecified atom stereocenters. The molecule has 1 rings (SSSR count). The number of rotatable bonds is 10. The molecular weight excluding hydrogens is 256 g/mol. The van der Waals surface area contributed by atoms with Crippen LogP contribution in [0.4, 0.5) is 0 Å². The van der Waals surface area contributed by atoms with Crippen LogP contribution in [0.3, 0.4) is 0 Å². The summed E-state index contributed by atoms with van der Waals surface area (Å²) in [5, 5.41) is 3.08. The number of hydrogen-bond donors (Lipinski definition) is 1. The van der Waals surface area contributed by atoms with E-state index in [4.69, 9.17) is 0 Å². The van der Waals surface area contributed by atoms with Crippen LogP contribution in [0.2, 0.25) is 0 Å². The molecule has 110 valence electrons. The van der Waals surface area contributed by atoms with Gasteiger partial charge < -0.3 is 10.1 Å². The molecule has 0 saturated heterocycles. The first-order valence-corrected chi connectivity index (χ1v) is 7.09. The maximum Gasteiger partial charge on any atom is 0.253 e. The van der Waals surface area contributed by atoms with Crippen LogP contribution in [0.5, 0.6) is 0 Å². The summed E-state index contributed by atoms with van der Waals surface area (Å²) in [6.45, 7) is 2.88. The number of imide groups is 1. The molecule has 5 heteroatoms. The Kier molecular flexibility index (Phi) is 7.32. The molecule has 0 spiro atoms. The zero-order valence-electron chi connectivity index (χ0n) is 11.9. The number of nitrogens with zero attached hydrogens (tertiary/aromatic N) is 1. The van der Waals surface area contributed by atoms with Gasteiger partial charge in [0.1, 0.15) is 6.29 Å². The SMILES string of the molecule is CCC=C(CCCCCN1C(=O)C=CC1=O)NCC=O. The molecule has 20 heavy (non-hydrogen) atoms. The van der Waals surface area contributed by atoms with Crippen molar-refractivity contribution in [3.05, 3.63) is 23.9 Å². The van der Waals surface area contributed by atoms with E-state index in [0.717, 1.165) is 44.1 Å². The van der Waals surface area contributed by atoms with Crippen molar-refractivity contribution in [3.63, 3.8) is 0 Å². The van der Waals surface area contributed by atoms with E-state index in [2.05, 4.69) is 18.3 Å². The fourth-order valence-corrected chi connectivity index (χ4v) is 2.10. The Morgan fingerprint density at radius 2 is 1.90 bits per heavy atom. The van der Waals surface area contributed by atoms with E-state index in [1.165, 1.54) is 17.1 Å². The molecule has 1 aliphatic heterocycles. The summed E-state index contributed by atoms with van der Waals surface area (Å²) < 4.78 is 0. The highest BCUT2D eigenvalue weighted by Gasteiger charge is 2.21. The van der Waals surface area contributed by atoms with Gasteiger partial charge in [-0.1, -0.05) is 19.4 Å². The number of carbonyl (C=O) groups is 3. The third-order valence-corrected chi connectivity index (χ3v) is 3.09. The first kappa shape index (κ1) is 16.1. The maximum absolute atomic E-state index is 11.3. The summed E-state index contributed by atoms with van der Waals surface area (Å²) in [6.07, 6.45) is 10.1. The van der Waals surface area contributed by atoms with E-state index in [1.54, 1.807) is 0 Å². The Labute approximate surface area is 119 Å². The van der Waals surface area contributed by atoms with Crippen molar-refractivity contribution < 1.29 is 14.4 Å². The number of hydrogen-bond acceptors (Lipinski definition) is 4. The lowest BCUT2D eigenvalue weighted by atomic mass is 10.1. The zero-order valence-corrected chi connectivity index (χ0v) is 11.9. The second-order valence-electron chi connectivity index (χ2n) is 4.66. The van der Waals surface area contributed by atoms with E-state index in [-0.39, 0.29) is 11.8 Å². The first-order valence-electron chi connectivity index (χ1n) is 7.09. The van der Waals surface area contributed by atoms with Crippen molar-refractivity contribution in [1.29, 1.82) is 0 Å². The molecule has 0 aromatic heterocycles. The minimum atomic E-state index is -0.214. The van der Waals surface area contributed by atoms with Gasteiger partial charge in [-0.25, -0.2) is 0 Å². The van der Waals surface area contributed by atoms with E-state index < -0.39 is 0 Å². The highest BCUT2D eigenvalue weighted by Crippen LogP contribution is 2.10. The number of nitrogens with one attached hydrogen (secondary N) is 1. The first-order chi connectivity index (χ1) is 9.69. The second kappa shape index (κ2) is 9.07. The molecule has 0 aliphatic carbocycles. The Bertz CT molecular complexity index is 395. The standard InChI is InChI=1S/C15H22N2O3/c1-2-6-13(16-10-12-18)7-4-3-5-11-17-14(19)8-9-15(17)20/h6,8-9,12,16H,2-5,7,10-11H2,1H3. The van der Waals surface area contributed by atoms with E-state index in [9.17, 15) is 14.4 Å². The molecule has 5 nitrogen and oxygen atoms in total. The van der Waals surface area contributed by atoms with Crippen LogP contribution in [0.15, 0.2) is 23.9 Å². The van der Waals surface area contributed by atoms with Gasteiger partial charge in [0.15, 0.2) is 0 Å². The summed E-state index contributed by atoms with van der Waals surface area (Å²) in [5.74, 6) is -0.427. The fourth-order valence-electron chi connectivity index (χ4n) is 2.10. The maximum atomic E-state index is 11.3. The summed E-state index contributed by atoms with van der Waals surface area (Å²) in [6, 6.07) is 0. The lowest BCUT2D eigenvalue weighted by Gasteiger charge is -2.13. The van der Waals surface area contributed by atoms with Gasteiger partial charge in [-0.3, -0.25) is 14.5 Å². The number of allylic oxidation sites excluding steroid dienone is 2. The van der Waals surface area contributed by atoms with Crippen LogP contribution >= 0.6 is 0 Å². The normalized spacial score (nSPS) is 15.1. The average molecular weight is 278 g/mol. The molecule has 1 aliphatic rings. The van der Waals surface area contributed by atoms with Crippen LogP contribution in [0.25, 0.3) is 0 Å². The van der Waals surface area contributed by atoms with Crippen LogP contribution in [0.1, 0.15) is 39.0 Å². The minimum Gasteiger partial charge on any atom is -0.382 e. The topological polar surface area (TPSA) is 66.5 Å². The zero-order chi connectivity index (χ0) is 14.8. The predicted molar refractivity (Wildman–Crippen MR) is 76.8 cm³/mol. The smallest absolute Gasteiger partial charge is 0.253 e. The Balaban J connectivity index is 2.17. The largest absolute Gasteiger partial charge is 0.382 e. The summed E-state index contributed by atoms with van der Waals surface area (Å²) in [4.78, 5) is 34.3. The predicted octanol–water partition coefficient (Wildman–Crippen LogP) is 1.55. The highest BCUT2D eigenvalue weighted by molar-refractivity contribution is 6.12. The molecule has 0 aromatic carbocycles. The van der Waals surface area contributed by atoms with Crippen LogP contribution in [-0.2, 0) is 14.4 Å². The summed E-state index contributed by atoms with van der Waals surface area (Å²) in [5.41, 5.74) is 1.09. The third-order valence-electron chi connectivity index (χ3n) is 3.09. The summed E-state index contributed by atoms with van der Waals surface area (Å²) >= 11 is 0. The molecule has 0 radical (unpaired) electrons. The molecule has 0 fully saturated rings. The summed E-state index contributed by atoms with van der Waals surface area (Å²) in [7, 11) is 0. The molecular formula is C15H22N2O3. The molecule has 1 heterocycles. The highest BCUT2D eigenvalue weighted by atomic mass is 16.2. The number of aldehydes is 1. The number of amides is 2. The molecule has 0 aromatic rings. The lowest BCUT2D eigenvalue weighted by Crippen LogP contribution is -2.30. The Hall–Kier alpha value is -1.91. The van der Waals surface area contributed by atoms with Gasteiger partial charge in [0.2, 0.25) is 0 Å². The molecule has 0 bridgehead atoms. The van der Waals surface area contributed by atoms with Crippen LogP contribution in [-0.4, -0.2) is 36.1 Å². The molecule has 1 N–H and O–H groups in total. The van der Waals surface area contributed by atoms with Crippen molar-refractivity contribution in [2.45, 2.75) is 39.0 Å². The van der Waals surface area contributed by atoms with Gasteiger partial charge in [0.25, 0.3) is 11.8 Å². The molecule has 0 atom stereocenters. The Morgan fingerprint density at radius 1 is 1.20 bits per heavy atom. The van der Waals surface area contributed by atoms with Crippen LogP contribution in [0, 0.1) is 0 Å². The van der Waals surface area contributed by atoms with Crippen molar-refractivity contribution in [3.8, 4) is 0 Å². The van der Waals surface area contributed by atoms with Gasteiger partial charge in [-0.05, 0) is 25.7 Å². The second-order valence-corrected chi connectivity index (χ2v) is 4.66. The van der Waals surface area contributed by atoms with Crippen molar-refractivity contribution in [1.82, 2.24) is 10.2 Å².